The minimum atomic E-state index is 0.368. The van der Waals surface area contributed by atoms with Gasteiger partial charge in [-0.25, -0.2) is 0 Å². The second-order valence-corrected chi connectivity index (χ2v) is 8.73. The number of fused-ring (bicyclic) bond motifs is 5. The molecule has 0 unspecified atom stereocenters. The molecule has 0 heterocycles. The maximum Gasteiger partial charge on any atom is 0.119 e. The molecule has 0 aliphatic heterocycles. The Morgan fingerprint density at radius 2 is 2.08 bits per heavy atom. The molecule has 132 valence electrons. The summed E-state index contributed by atoms with van der Waals surface area (Å²) >= 11 is 0. The van der Waals surface area contributed by atoms with Crippen LogP contribution in [0.5, 0.6) is 5.75 Å². The molecule has 1 aromatic carbocycles. The Balaban J connectivity index is 1.73. The monoisotopic (exact) mass is 328 g/mol. The van der Waals surface area contributed by atoms with Crippen molar-refractivity contribution in [2.45, 2.75) is 58.3 Å². The van der Waals surface area contributed by atoms with Gasteiger partial charge in [0.05, 0.1) is 7.11 Å². The molecule has 1 N–H and O–H groups in total. The van der Waals surface area contributed by atoms with E-state index in [0.717, 1.165) is 29.4 Å². The van der Waals surface area contributed by atoms with Crippen molar-refractivity contribution in [1.29, 1.82) is 0 Å². The molecule has 6 atom stereocenters. The van der Waals surface area contributed by atoms with Gasteiger partial charge in [-0.3, -0.25) is 0 Å². The van der Waals surface area contributed by atoms with E-state index in [-0.39, 0.29) is 0 Å². The van der Waals surface area contributed by atoms with Gasteiger partial charge in [0.2, 0.25) is 0 Å². The highest BCUT2D eigenvalue weighted by Crippen LogP contribution is 2.64. The van der Waals surface area contributed by atoms with E-state index in [9.17, 15) is 5.11 Å². The summed E-state index contributed by atoms with van der Waals surface area (Å²) < 4.78 is 5.47. The van der Waals surface area contributed by atoms with Gasteiger partial charge >= 0.3 is 0 Å². The van der Waals surface area contributed by atoms with E-state index in [4.69, 9.17) is 4.74 Å². The van der Waals surface area contributed by atoms with Crippen LogP contribution in [-0.4, -0.2) is 18.8 Å². The highest BCUT2D eigenvalue weighted by molar-refractivity contribution is 5.41. The minimum absolute atomic E-state index is 0.368. The van der Waals surface area contributed by atoms with Crippen molar-refractivity contribution in [3.63, 3.8) is 0 Å². The number of ether oxygens (including phenoxy) is 1. The van der Waals surface area contributed by atoms with Gasteiger partial charge in [0.25, 0.3) is 0 Å². The van der Waals surface area contributed by atoms with Gasteiger partial charge in [-0.05, 0) is 90.4 Å². The molecular formula is C22H32O2. The highest BCUT2D eigenvalue weighted by atomic mass is 16.5. The lowest BCUT2D eigenvalue weighted by atomic mass is 9.51. The number of hydrogen-bond acceptors (Lipinski definition) is 2. The fraction of sp³-hybridized carbons (Fsp3) is 0.727. The summed E-state index contributed by atoms with van der Waals surface area (Å²) in [5, 5.41) is 9.89. The zero-order valence-electron chi connectivity index (χ0n) is 15.4. The molecule has 0 saturated heterocycles. The largest absolute Gasteiger partial charge is 0.497 e. The number of aliphatic hydroxyl groups excluding tert-OH is 1. The van der Waals surface area contributed by atoms with E-state index in [1.165, 1.54) is 44.1 Å². The van der Waals surface area contributed by atoms with Crippen molar-refractivity contribution in [1.82, 2.24) is 0 Å². The zero-order valence-corrected chi connectivity index (χ0v) is 15.4. The second kappa shape index (κ2) is 6.05. The summed E-state index contributed by atoms with van der Waals surface area (Å²) in [6.07, 6.45) is 7.61. The summed E-state index contributed by atoms with van der Waals surface area (Å²) in [6.45, 7) is 5.24. The van der Waals surface area contributed by atoms with Crippen LogP contribution in [0.3, 0.4) is 0 Å². The quantitative estimate of drug-likeness (QED) is 0.864. The predicted octanol–water partition coefficient (Wildman–Crippen LogP) is 4.80. The van der Waals surface area contributed by atoms with Gasteiger partial charge < -0.3 is 9.84 Å². The highest BCUT2D eigenvalue weighted by Gasteiger charge is 2.56. The Labute approximate surface area is 146 Å². The molecule has 4 rings (SSSR count). The lowest BCUT2D eigenvalue weighted by molar-refractivity contribution is -0.0130. The topological polar surface area (TPSA) is 29.5 Å². The third-order valence-corrected chi connectivity index (χ3v) is 8.05. The van der Waals surface area contributed by atoms with Crippen LogP contribution in [0, 0.1) is 29.1 Å². The SMILES string of the molecule is CC[C@@H]1Cc2cc(OC)ccc2[C@H]2CC[C@]3(C)[C@H](CO)CC[C@@H]3[C@H]12. The second-order valence-electron chi connectivity index (χ2n) is 8.73. The normalized spacial score (nSPS) is 40.6. The molecule has 2 fully saturated rings. The van der Waals surface area contributed by atoms with E-state index in [0.29, 0.717) is 17.9 Å². The zero-order chi connectivity index (χ0) is 16.9. The molecule has 2 nitrogen and oxygen atoms in total. The number of methoxy groups -OCH3 is 1. The van der Waals surface area contributed by atoms with Gasteiger partial charge in [-0.15, -0.1) is 0 Å². The third-order valence-electron chi connectivity index (χ3n) is 8.05. The van der Waals surface area contributed by atoms with Gasteiger partial charge in [0.1, 0.15) is 5.75 Å². The first-order chi connectivity index (χ1) is 11.6. The van der Waals surface area contributed by atoms with Crippen LogP contribution in [0.15, 0.2) is 18.2 Å². The molecule has 0 bridgehead atoms. The Hall–Kier alpha value is -1.02. The molecule has 0 amide bonds. The average Bonchev–Trinajstić information content (AvgIpc) is 2.96. The summed E-state index contributed by atoms with van der Waals surface area (Å²) in [5.41, 5.74) is 3.50. The molecule has 1 aromatic rings. The van der Waals surface area contributed by atoms with Crippen LogP contribution in [0.25, 0.3) is 0 Å². The van der Waals surface area contributed by atoms with Crippen molar-refractivity contribution in [3.8, 4) is 5.75 Å². The van der Waals surface area contributed by atoms with Crippen LogP contribution in [0.4, 0.5) is 0 Å². The van der Waals surface area contributed by atoms with E-state index < -0.39 is 0 Å². The maximum absolute atomic E-state index is 9.89. The molecule has 0 spiro atoms. The van der Waals surface area contributed by atoms with Gasteiger partial charge in [-0.1, -0.05) is 26.3 Å². The average molecular weight is 328 g/mol. The van der Waals surface area contributed by atoms with Gasteiger partial charge in [0.15, 0.2) is 0 Å². The maximum atomic E-state index is 9.89. The molecule has 0 aromatic heterocycles. The van der Waals surface area contributed by atoms with Crippen molar-refractivity contribution >= 4 is 0 Å². The fourth-order valence-corrected chi connectivity index (χ4v) is 6.71. The van der Waals surface area contributed by atoms with Crippen LogP contribution >= 0.6 is 0 Å². The predicted molar refractivity (Wildman–Crippen MR) is 97.4 cm³/mol. The number of rotatable bonds is 3. The summed E-state index contributed by atoms with van der Waals surface area (Å²) in [4.78, 5) is 0. The molecule has 3 aliphatic rings. The summed E-state index contributed by atoms with van der Waals surface area (Å²) in [7, 11) is 1.77. The van der Waals surface area contributed by atoms with E-state index >= 15 is 0 Å². The number of aliphatic hydroxyl groups is 1. The molecule has 24 heavy (non-hydrogen) atoms. The van der Waals surface area contributed by atoms with Crippen LogP contribution in [-0.2, 0) is 6.42 Å². The van der Waals surface area contributed by atoms with Gasteiger partial charge in [-0.2, -0.15) is 0 Å². The Morgan fingerprint density at radius 3 is 2.79 bits per heavy atom. The summed E-state index contributed by atoms with van der Waals surface area (Å²) in [6, 6.07) is 6.78. The minimum Gasteiger partial charge on any atom is -0.497 e. The molecule has 2 heteroatoms. The first-order valence-electron chi connectivity index (χ1n) is 9.90. The van der Waals surface area contributed by atoms with E-state index in [2.05, 4.69) is 32.0 Å². The van der Waals surface area contributed by atoms with E-state index in [1.807, 2.05) is 0 Å². The van der Waals surface area contributed by atoms with Crippen LogP contribution < -0.4 is 4.74 Å². The van der Waals surface area contributed by atoms with Crippen LogP contribution in [0.1, 0.15) is 63.0 Å². The Bertz CT molecular complexity index is 610. The summed E-state index contributed by atoms with van der Waals surface area (Å²) in [5.74, 6) is 4.65. The smallest absolute Gasteiger partial charge is 0.119 e. The van der Waals surface area contributed by atoms with E-state index in [1.54, 1.807) is 12.7 Å². The third kappa shape index (κ3) is 2.25. The first-order valence-corrected chi connectivity index (χ1v) is 9.90. The lowest BCUT2D eigenvalue weighted by Crippen LogP contribution is -2.46. The molecule has 0 radical (unpaired) electrons. The van der Waals surface area contributed by atoms with Gasteiger partial charge in [0, 0.05) is 6.61 Å². The number of hydrogen-bond donors (Lipinski definition) is 1. The lowest BCUT2D eigenvalue weighted by Gasteiger charge is -2.53. The molecule has 2 saturated carbocycles. The van der Waals surface area contributed by atoms with Crippen molar-refractivity contribution in [2.75, 3.05) is 13.7 Å². The fourth-order valence-electron chi connectivity index (χ4n) is 6.71. The first kappa shape index (κ1) is 16.4. The van der Waals surface area contributed by atoms with Crippen molar-refractivity contribution < 1.29 is 9.84 Å². The molecular weight excluding hydrogens is 296 g/mol. The Morgan fingerprint density at radius 1 is 1.25 bits per heavy atom. The Kier molecular flexibility index (Phi) is 4.15. The van der Waals surface area contributed by atoms with Crippen molar-refractivity contribution in [3.05, 3.63) is 29.3 Å². The van der Waals surface area contributed by atoms with Crippen LogP contribution in [0.2, 0.25) is 0 Å². The number of benzene rings is 1. The van der Waals surface area contributed by atoms with Crippen molar-refractivity contribution in [2.24, 2.45) is 29.1 Å². The molecule has 3 aliphatic carbocycles. The standard InChI is InChI=1S/C22H32O2/c1-4-14-11-15-12-17(24-3)6-7-18(15)19-9-10-22(2)16(13-23)5-8-20(22)21(14)19/h6-7,12,14,16,19-21,23H,4-5,8-11,13H2,1-3H3/t14-,16+,19-,20-,21-,22-/m1/s1.